The van der Waals surface area contributed by atoms with Crippen LogP contribution in [0.1, 0.15) is 40.1 Å². The molecule has 1 heterocycles. The zero-order chi connectivity index (χ0) is 15.3. The molecule has 110 valence electrons. The number of rotatable bonds is 0. The van der Waals surface area contributed by atoms with Crippen LogP contribution in [-0.2, 0) is 19.3 Å². The highest BCUT2D eigenvalue weighted by Crippen LogP contribution is 2.47. The van der Waals surface area contributed by atoms with Crippen molar-refractivity contribution in [1.82, 2.24) is 5.16 Å². The lowest BCUT2D eigenvalue weighted by molar-refractivity contribution is 0.316. The molecule has 0 N–H and O–H groups in total. The summed E-state index contributed by atoms with van der Waals surface area (Å²) in [6, 6.07) is 6.49. The van der Waals surface area contributed by atoms with Gasteiger partial charge in [0.1, 0.15) is 5.76 Å². The fraction of sp³-hybridized carbons (Fsp3) is 0.389. The zero-order valence-corrected chi connectivity index (χ0v) is 12.8. The molecule has 1 atom stereocenters. The summed E-state index contributed by atoms with van der Waals surface area (Å²) in [5.74, 6) is 1.01. The molecule has 0 amide bonds. The van der Waals surface area contributed by atoms with Crippen LogP contribution in [0.3, 0.4) is 0 Å². The summed E-state index contributed by atoms with van der Waals surface area (Å²) in [5.41, 5.74) is 6.73. The maximum atomic E-state index is 9.18. The number of nitrogens with zero attached hydrogens (tertiary/aromatic N) is 3. The maximum Gasteiger partial charge on any atom is 0.205 e. The van der Waals surface area contributed by atoms with Crippen molar-refractivity contribution in [2.45, 2.75) is 39.5 Å². The number of nitriles is 1. The molecular formula is C18H17N3O. The van der Waals surface area contributed by atoms with E-state index in [1.54, 1.807) is 0 Å². The third-order valence-electron chi connectivity index (χ3n) is 5.13. The molecule has 1 aromatic heterocycles. The predicted molar refractivity (Wildman–Crippen MR) is 82.7 cm³/mol. The summed E-state index contributed by atoms with van der Waals surface area (Å²) in [6.07, 6.45) is 5.67. The first-order chi connectivity index (χ1) is 10.6. The van der Waals surface area contributed by atoms with Crippen LogP contribution in [0.15, 0.2) is 27.7 Å². The highest BCUT2D eigenvalue weighted by atomic mass is 16.5. The van der Waals surface area contributed by atoms with Crippen LogP contribution in [0.25, 0.3) is 0 Å². The molecule has 0 saturated heterocycles. The molecule has 2 aromatic rings. The van der Waals surface area contributed by atoms with Gasteiger partial charge in [-0.25, -0.2) is 0 Å². The molecule has 0 saturated carbocycles. The van der Waals surface area contributed by atoms with Crippen molar-refractivity contribution in [2.75, 3.05) is 0 Å². The molecule has 0 bridgehead atoms. The molecular weight excluding hydrogens is 274 g/mol. The van der Waals surface area contributed by atoms with E-state index in [9.17, 15) is 5.26 Å². The molecule has 0 radical (unpaired) electrons. The van der Waals surface area contributed by atoms with Crippen LogP contribution in [0.5, 0.6) is 0 Å². The third-order valence-corrected chi connectivity index (χ3v) is 5.13. The van der Waals surface area contributed by atoms with Gasteiger partial charge in [-0.3, -0.25) is 0 Å². The minimum Gasteiger partial charge on any atom is -0.361 e. The van der Waals surface area contributed by atoms with Crippen molar-refractivity contribution in [2.24, 2.45) is 10.4 Å². The molecule has 1 unspecified atom stereocenters. The Kier molecular flexibility index (Phi) is 2.74. The Bertz CT molecular complexity index is 841. The van der Waals surface area contributed by atoms with Gasteiger partial charge in [0.2, 0.25) is 6.19 Å². The van der Waals surface area contributed by atoms with E-state index in [0.717, 1.165) is 48.4 Å². The zero-order valence-electron chi connectivity index (χ0n) is 12.8. The Balaban J connectivity index is 1.85. The van der Waals surface area contributed by atoms with Crippen LogP contribution in [0.2, 0.25) is 0 Å². The first kappa shape index (κ1) is 13.3. The van der Waals surface area contributed by atoms with Gasteiger partial charge < -0.3 is 4.52 Å². The normalized spacial score (nSPS) is 24.3. The van der Waals surface area contributed by atoms with E-state index in [-0.39, 0.29) is 5.41 Å². The predicted octanol–water partition coefficient (Wildman–Crippen LogP) is 3.29. The van der Waals surface area contributed by atoms with E-state index in [0.29, 0.717) is 0 Å². The van der Waals surface area contributed by atoms with E-state index in [2.05, 4.69) is 35.3 Å². The lowest BCUT2D eigenvalue weighted by atomic mass is 9.70. The van der Waals surface area contributed by atoms with Crippen molar-refractivity contribution < 1.29 is 4.52 Å². The van der Waals surface area contributed by atoms with Gasteiger partial charge in [-0.05, 0) is 44.7 Å². The highest BCUT2D eigenvalue weighted by Gasteiger charge is 2.46. The van der Waals surface area contributed by atoms with Gasteiger partial charge in [-0.15, -0.1) is 0 Å². The van der Waals surface area contributed by atoms with Crippen LogP contribution in [-0.4, -0.2) is 10.9 Å². The van der Waals surface area contributed by atoms with Crippen molar-refractivity contribution in [3.05, 3.63) is 51.9 Å². The average Bonchev–Trinajstić information content (AvgIpc) is 3.00. The fourth-order valence-corrected chi connectivity index (χ4v) is 4.02. The minimum atomic E-state index is -0.0742. The Morgan fingerprint density at radius 3 is 3.00 bits per heavy atom. The monoisotopic (exact) mass is 291 g/mol. The Morgan fingerprint density at radius 1 is 1.32 bits per heavy atom. The van der Waals surface area contributed by atoms with Gasteiger partial charge in [0.25, 0.3) is 0 Å². The summed E-state index contributed by atoms with van der Waals surface area (Å²) >= 11 is 0. The average molecular weight is 291 g/mol. The standard InChI is InChI=1S/C18H17N3O/c1-11-3-4-13-8-18(17(20-10-19)14(13)7-11)6-5-16-15(9-18)12(2)21-22-16/h3-4,7H,5-6,8-9H2,1-2H3. The van der Waals surface area contributed by atoms with E-state index < -0.39 is 0 Å². The van der Waals surface area contributed by atoms with Crippen molar-refractivity contribution >= 4 is 5.71 Å². The first-order valence-electron chi connectivity index (χ1n) is 7.64. The van der Waals surface area contributed by atoms with Gasteiger partial charge >= 0.3 is 0 Å². The Morgan fingerprint density at radius 2 is 2.18 bits per heavy atom. The number of aryl methyl sites for hydroxylation is 3. The van der Waals surface area contributed by atoms with Gasteiger partial charge in [0, 0.05) is 23.0 Å². The van der Waals surface area contributed by atoms with E-state index in [1.165, 1.54) is 16.7 Å². The van der Waals surface area contributed by atoms with Crippen molar-refractivity contribution in [3.8, 4) is 6.19 Å². The molecule has 1 spiro atoms. The number of hydrogen-bond acceptors (Lipinski definition) is 4. The Labute approximate surface area is 129 Å². The lowest BCUT2D eigenvalue weighted by Gasteiger charge is -2.32. The summed E-state index contributed by atoms with van der Waals surface area (Å²) in [5, 5.41) is 13.3. The topological polar surface area (TPSA) is 62.2 Å². The SMILES string of the molecule is Cc1ccc2c(c1)C(=NC#N)C1(CCc3onc(C)c3C1)C2. The number of benzene rings is 1. The van der Waals surface area contributed by atoms with Gasteiger partial charge in [0.15, 0.2) is 0 Å². The molecule has 22 heavy (non-hydrogen) atoms. The molecule has 4 heteroatoms. The summed E-state index contributed by atoms with van der Waals surface area (Å²) in [4.78, 5) is 4.24. The molecule has 4 nitrogen and oxygen atoms in total. The van der Waals surface area contributed by atoms with E-state index in [4.69, 9.17) is 4.52 Å². The van der Waals surface area contributed by atoms with E-state index in [1.807, 2.05) is 13.1 Å². The smallest absolute Gasteiger partial charge is 0.205 e. The van der Waals surface area contributed by atoms with Crippen molar-refractivity contribution in [1.29, 1.82) is 5.26 Å². The van der Waals surface area contributed by atoms with Crippen LogP contribution in [0, 0.1) is 30.7 Å². The number of aromatic nitrogens is 1. The fourth-order valence-electron chi connectivity index (χ4n) is 4.02. The second-order valence-corrected chi connectivity index (χ2v) is 6.52. The minimum absolute atomic E-state index is 0.0742. The lowest BCUT2D eigenvalue weighted by Crippen LogP contribution is -2.35. The summed E-state index contributed by atoms with van der Waals surface area (Å²) < 4.78 is 5.43. The third kappa shape index (κ3) is 1.75. The maximum absolute atomic E-state index is 9.18. The van der Waals surface area contributed by atoms with Crippen LogP contribution >= 0.6 is 0 Å². The quantitative estimate of drug-likeness (QED) is 0.700. The molecule has 4 rings (SSSR count). The van der Waals surface area contributed by atoms with Gasteiger partial charge in [-0.1, -0.05) is 22.9 Å². The highest BCUT2D eigenvalue weighted by molar-refractivity contribution is 6.09. The number of fused-ring (bicyclic) bond motifs is 2. The molecule has 0 fully saturated rings. The first-order valence-corrected chi connectivity index (χ1v) is 7.64. The molecule has 1 aromatic carbocycles. The van der Waals surface area contributed by atoms with Crippen LogP contribution < -0.4 is 0 Å². The van der Waals surface area contributed by atoms with E-state index >= 15 is 0 Å². The second kappa shape index (κ2) is 4.54. The number of aliphatic imine (C=N–C) groups is 1. The van der Waals surface area contributed by atoms with Gasteiger partial charge in [-0.2, -0.15) is 10.3 Å². The summed E-state index contributed by atoms with van der Waals surface area (Å²) in [7, 11) is 0. The second-order valence-electron chi connectivity index (χ2n) is 6.52. The van der Waals surface area contributed by atoms with Crippen molar-refractivity contribution in [3.63, 3.8) is 0 Å². The molecule has 2 aliphatic carbocycles. The summed E-state index contributed by atoms with van der Waals surface area (Å²) in [6.45, 7) is 4.08. The van der Waals surface area contributed by atoms with Crippen LogP contribution in [0.4, 0.5) is 0 Å². The molecule has 0 aliphatic heterocycles. The van der Waals surface area contributed by atoms with Gasteiger partial charge in [0.05, 0.1) is 11.4 Å². The largest absolute Gasteiger partial charge is 0.361 e. The number of hydrogen-bond donors (Lipinski definition) is 0. The molecule has 2 aliphatic rings. The Hall–Kier alpha value is -2.41.